The lowest BCUT2D eigenvalue weighted by atomic mass is 10.4. The third-order valence-electron chi connectivity index (χ3n) is 1.26. The summed E-state index contributed by atoms with van der Waals surface area (Å²) in [5.74, 6) is -0.320. The van der Waals surface area contributed by atoms with Crippen molar-refractivity contribution in [2.75, 3.05) is 25.1 Å². The highest BCUT2D eigenvalue weighted by atomic mass is 32.2. The number of ketones is 1. The molecule has 0 heterocycles. The van der Waals surface area contributed by atoms with E-state index in [-0.39, 0.29) is 30.7 Å². The van der Waals surface area contributed by atoms with Crippen molar-refractivity contribution in [1.82, 2.24) is 10.6 Å². The van der Waals surface area contributed by atoms with E-state index in [2.05, 4.69) is 10.6 Å². The van der Waals surface area contributed by atoms with E-state index in [9.17, 15) is 14.4 Å². The number of Topliss-reactive ketones (excluding diaryl/α,β-unsaturated/α-hetero) is 1. The summed E-state index contributed by atoms with van der Waals surface area (Å²) in [5.41, 5.74) is 0. The van der Waals surface area contributed by atoms with Crippen molar-refractivity contribution in [3.63, 3.8) is 0 Å². The number of amides is 2. The van der Waals surface area contributed by atoms with E-state index in [0.29, 0.717) is 5.75 Å². The highest BCUT2D eigenvalue weighted by Gasteiger charge is 2.04. The SMILES string of the molecule is CSCC(=O)NCC(=O)NCC(C)=O. The van der Waals surface area contributed by atoms with E-state index in [4.69, 9.17) is 0 Å². The first-order valence-electron chi connectivity index (χ1n) is 4.08. The number of rotatable bonds is 6. The monoisotopic (exact) mass is 218 g/mol. The van der Waals surface area contributed by atoms with Crippen molar-refractivity contribution < 1.29 is 14.4 Å². The first-order valence-corrected chi connectivity index (χ1v) is 5.47. The van der Waals surface area contributed by atoms with Crippen LogP contribution in [-0.2, 0) is 14.4 Å². The van der Waals surface area contributed by atoms with Crippen LogP contribution in [0.3, 0.4) is 0 Å². The van der Waals surface area contributed by atoms with Crippen LogP contribution >= 0.6 is 11.8 Å². The average Bonchev–Trinajstić information content (AvgIpc) is 2.12. The Labute approximate surface area is 87.0 Å². The molecule has 0 bridgehead atoms. The third-order valence-corrected chi connectivity index (χ3v) is 1.81. The average molecular weight is 218 g/mol. The second-order valence-electron chi connectivity index (χ2n) is 2.69. The van der Waals surface area contributed by atoms with Gasteiger partial charge in [-0.1, -0.05) is 0 Å². The first kappa shape index (κ1) is 13.0. The number of nitrogens with one attached hydrogen (secondary N) is 2. The molecule has 0 aromatic rings. The van der Waals surface area contributed by atoms with Gasteiger partial charge in [-0.15, -0.1) is 0 Å². The van der Waals surface area contributed by atoms with Gasteiger partial charge in [0.15, 0.2) is 0 Å². The standard InChI is InChI=1S/C8H14N2O3S/c1-6(11)3-9-7(12)4-10-8(13)5-14-2/h3-5H2,1-2H3,(H,9,12)(H,10,13). The minimum Gasteiger partial charge on any atom is -0.348 e. The largest absolute Gasteiger partial charge is 0.348 e. The maximum absolute atomic E-state index is 11.0. The predicted molar refractivity (Wildman–Crippen MR) is 55.1 cm³/mol. The summed E-state index contributed by atoms with van der Waals surface area (Å²) >= 11 is 1.38. The molecule has 5 nitrogen and oxygen atoms in total. The summed E-state index contributed by atoms with van der Waals surface area (Å²) in [6.07, 6.45) is 1.80. The van der Waals surface area contributed by atoms with Crippen LogP contribution in [0.25, 0.3) is 0 Å². The Bertz CT molecular complexity index is 231. The smallest absolute Gasteiger partial charge is 0.239 e. The molecule has 0 aromatic heterocycles. The highest BCUT2D eigenvalue weighted by molar-refractivity contribution is 7.99. The molecule has 0 saturated heterocycles. The molecule has 0 spiro atoms. The molecule has 0 aliphatic heterocycles. The Morgan fingerprint density at radius 2 is 1.64 bits per heavy atom. The van der Waals surface area contributed by atoms with Gasteiger partial charge in [0.1, 0.15) is 5.78 Å². The molecule has 0 aliphatic carbocycles. The zero-order valence-corrected chi connectivity index (χ0v) is 9.07. The summed E-state index contributed by atoms with van der Waals surface area (Å²) in [4.78, 5) is 32.4. The third kappa shape index (κ3) is 7.60. The Balaban J connectivity index is 3.53. The van der Waals surface area contributed by atoms with E-state index in [1.165, 1.54) is 18.7 Å². The lowest BCUT2D eigenvalue weighted by Crippen LogP contribution is -2.39. The van der Waals surface area contributed by atoms with Crippen LogP contribution in [0.4, 0.5) is 0 Å². The highest BCUT2D eigenvalue weighted by Crippen LogP contribution is 1.88. The lowest BCUT2D eigenvalue weighted by molar-refractivity contribution is -0.126. The minimum absolute atomic E-state index is 0.0111. The summed E-state index contributed by atoms with van der Waals surface area (Å²) in [7, 11) is 0. The van der Waals surface area contributed by atoms with Crippen LogP contribution in [0, 0.1) is 0 Å². The fraction of sp³-hybridized carbons (Fsp3) is 0.625. The second kappa shape index (κ2) is 7.37. The molecule has 14 heavy (non-hydrogen) atoms. The van der Waals surface area contributed by atoms with Crippen LogP contribution in [0.15, 0.2) is 0 Å². The van der Waals surface area contributed by atoms with Crippen LogP contribution < -0.4 is 10.6 Å². The minimum atomic E-state index is -0.352. The Morgan fingerprint density at radius 3 is 2.14 bits per heavy atom. The van der Waals surface area contributed by atoms with E-state index < -0.39 is 0 Å². The van der Waals surface area contributed by atoms with Crippen LogP contribution in [-0.4, -0.2) is 42.7 Å². The van der Waals surface area contributed by atoms with Gasteiger partial charge >= 0.3 is 0 Å². The van der Waals surface area contributed by atoms with Gasteiger partial charge in [-0.2, -0.15) is 11.8 Å². The number of hydrogen-bond donors (Lipinski definition) is 2. The van der Waals surface area contributed by atoms with Gasteiger partial charge in [0.2, 0.25) is 11.8 Å². The van der Waals surface area contributed by atoms with Crippen molar-refractivity contribution in [1.29, 1.82) is 0 Å². The Kier molecular flexibility index (Phi) is 6.82. The van der Waals surface area contributed by atoms with Crippen molar-refractivity contribution in [2.45, 2.75) is 6.92 Å². The van der Waals surface area contributed by atoms with Gasteiger partial charge in [0.05, 0.1) is 18.8 Å². The molecular weight excluding hydrogens is 204 g/mol. The van der Waals surface area contributed by atoms with Gasteiger partial charge < -0.3 is 10.6 Å². The Hall–Kier alpha value is -1.04. The normalized spacial score (nSPS) is 9.29. The molecule has 0 aromatic carbocycles. The second-order valence-corrected chi connectivity index (χ2v) is 3.55. The quantitative estimate of drug-likeness (QED) is 0.610. The molecular formula is C8H14N2O3S. The van der Waals surface area contributed by atoms with E-state index >= 15 is 0 Å². The Morgan fingerprint density at radius 1 is 1.07 bits per heavy atom. The lowest BCUT2D eigenvalue weighted by Gasteiger charge is -2.04. The van der Waals surface area contributed by atoms with Gasteiger partial charge in [-0.3, -0.25) is 14.4 Å². The summed E-state index contributed by atoms with van der Waals surface area (Å²) in [6, 6.07) is 0. The molecule has 0 fully saturated rings. The number of carbonyl (C=O) groups is 3. The summed E-state index contributed by atoms with van der Waals surface area (Å²) in [5, 5.41) is 4.79. The van der Waals surface area contributed by atoms with Crippen molar-refractivity contribution in [3.05, 3.63) is 0 Å². The molecule has 0 saturated carbocycles. The number of hydrogen-bond acceptors (Lipinski definition) is 4. The van der Waals surface area contributed by atoms with Crippen molar-refractivity contribution in [2.24, 2.45) is 0 Å². The van der Waals surface area contributed by atoms with Crippen LogP contribution in [0.2, 0.25) is 0 Å². The fourth-order valence-corrected chi connectivity index (χ4v) is 1.01. The van der Waals surface area contributed by atoms with Crippen LogP contribution in [0.5, 0.6) is 0 Å². The topological polar surface area (TPSA) is 75.3 Å². The van der Waals surface area contributed by atoms with Crippen LogP contribution in [0.1, 0.15) is 6.92 Å². The molecule has 0 radical (unpaired) electrons. The summed E-state index contributed by atoms with van der Waals surface area (Å²) < 4.78 is 0. The zero-order chi connectivity index (χ0) is 11.0. The van der Waals surface area contributed by atoms with Crippen molar-refractivity contribution in [3.8, 4) is 0 Å². The molecule has 0 rings (SSSR count). The fourth-order valence-electron chi connectivity index (χ4n) is 0.647. The molecule has 0 unspecified atom stereocenters. The van der Waals surface area contributed by atoms with Gasteiger partial charge in [0, 0.05) is 0 Å². The molecule has 0 aliphatic rings. The molecule has 80 valence electrons. The van der Waals surface area contributed by atoms with E-state index in [1.807, 2.05) is 0 Å². The molecule has 6 heteroatoms. The number of carbonyl (C=O) groups excluding carboxylic acids is 3. The molecule has 2 N–H and O–H groups in total. The summed E-state index contributed by atoms with van der Waals surface area (Å²) in [6.45, 7) is 1.32. The number of thioether (sulfide) groups is 1. The maximum Gasteiger partial charge on any atom is 0.239 e. The zero-order valence-electron chi connectivity index (χ0n) is 8.25. The van der Waals surface area contributed by atoms with Crippen molar-refractivity contribution >= 4 is 29.4 Å². The van der Waals surface area contributed by atoms with Gasteiger partial charge in [-0.05, 0) is 13.2 Å². The predicted octanol–water partition coefficient (Wildman–Crippen LogP) is -0.829. The molecule has 0 atom stereocenters. The van der Waals surface area contributed by atoms with Gasteiger partial charge in [0.25, 0.3) is 0 Å². The first-order chi connectivity index (χ1) is 6.56. The maximum atomic E-state index is 11.0. The van der Waals surface area contributed by atoms with E-state index in [1.54, 1.807) is 6.26 Å². The molecule has 2 amide bonds. The van der Waals surface area contributed by atoms with E-state index in [0.717, 1.165) is 0 Å². The van der Waals surface area contributed by atoms with Gasteiger partial charge in [-0.25, -0.2) is 0 Å².